The molecule has 12 heteroatoms. The van der Waals surface area contributed by atoms with E-state index in [1.807, 2.05) is 0 Å². The van der Waals surface area contributed by atoms with Crippen LogP contribution >= 0.6 is 0 Å². The van der Waals surface area contributed by atoms with Gasteiger partial charge in [-0.15, -0.1) is 10.2 Å². The minimum atomic E-state index is -3.09. The fraction of sp³-hybridized carbons (Fsp3) is 0.333. The van der Waals surface area contributed by atoms with Gasteiger partial charge in [-0.25, -0.2) is 13.8 Å². The summed E-state index contributed by atoms with van der Waals surface area (Å²) in [4.78, 5) is 26.1. The molecule has 0 N–H and O–H groups in total. The molecule has 3 aromatic rings. The van der Waals surface area contributed by atoms with E-state index in [0.29, 0.717) is 11.1 Å². The number of alkyl halides is 4. The molecular weight excluding hydrogens is 484 g/mol. The summed E-state index contributed by atoms with van der Waals surface area (Å²) < 4.78 is 64.4. The molecule has 5 rings (SSSR count). The van der Waals surface area contributed by atoms with E-state index in [-0.39, 0.29) is 36.7 Å². The minimum absolute atomic E-state index is 0.0502. The predicted octanol–water partition coefficient (Wildman–Crippen LogP) is 4.39. The Hall–Kier alpha value is -3.80. The maximum Gasteiger partial charge on any atom is 0.325 e. The second kappa shape index (κ2) is 9.34. The van der Waals surface area contributed by atoms with Crippen molar-refractivity contribution in [3.63, 3.8) is 0 Å². The van der Waals surface area contributed by atoms with Crippen LogP contribution in [0, 0.1) is 0 Å². The highest BCUT2D eigenvalue weighted by Crippen LogP contribution is 2.37. The largest absolute Gasteiger partial charge is 0.460 e. The summed E-state index contributed by atoms with van der Waals surface area (Å²) in [5.41, 5.74) is 1.75. The molecule has 2 aliphatic heterocycles. The first-order chi connectivity index (χ1) is 17.2. The summed E-state index contributed by atoms with van der Waals surface area (Å²) >= 11 is 0. The van der Waals surface area contributed by atoms with Crippen LogP contribution in [0.15, 0.2) is 52.9 Å². The lowest BCUT2D eigenvalue weighted by Gasteiger charge is -2.42. The predicted molar refractivity (Wildman–Crippen MR) is 115 cm³/mol. The number of ether oxygens (including phenoxy) is 1. The Morgan fingerprint density at radius 1 is 1.17 bits per heavy atom. The van der Waals surface area contributed by atoms with Crippen molar-refractivity contribution in [2.45, 2.75) is 44.4 Å². The summed E-state index contributed by atoms with van der Waals surface area (Å²) in [5.74, 6) is -5.49. The SMILES string of the molecule is O=C(OCc1ccccc1)C1CC(F)(F)CCN1N1Cc2ccc(-c3nnc(C(F)F)o3)cc2C1=O. The number of benzene rings is 2. The van der Waals surface area contributed by atoms with Crippen molar-refractivity contribution in [1.29, 1.82) is 0 Å². The Morgan fingerprint density at radius 2 is 1.94 bits per heavy atom. The van der Waals surface area contributed by atoms with E-state index in [1.54, 1.807) is 36.4 Å². The van der Waals surface area contributed by atoms with Crippen molar-refractivity contribution in [1.82, 2.24) is 20.2 Å². The first-order valence-corrected chi connectivity index (χ1v) is 11.1. The number of aromatic nitrogens is 2. The van der Waals surface area contributed by atoms with Crippen molar-refractivity contribution in [3.05, 3.63) is 71.1 Å². The number of hydrazine groups is 1. The zero-order chi connectivity index (χ0) is 25.4. The van der Waals surface area contributed by atoms with Gasteiger partial charge in [0.15, 0.2) is 0 Å². The lowest BCUT2D eigenvalue weighted by Crippen LogP contribution is -2.58. The molecule has 1 saturated heterocycles. The van der Waals surface area contributed by atoms with Crippen LogP contribution in [-0.4, -0.2) is 50.6 Å². The molecule has 0 aliphatic carbocycles. The molecule has 1 fully saturated rings. The Balaban J connectivity index is 1.36. The zero-order valence-electron chi connectivity index (χ0n) is 18.7. The number of carbonyl (C=O) groups excluding carboxylic acids is 2. The highest BCUT2D eigenvalue weighted by atomic mass is 19.3. The van der Waals surface area contributed by atoms with E-state index in [1.165, 1.54) is 22.2 Å². The lowest BCUT2D eigenvalue weighted by molar-refractivity contribution is -0.177. The highest BCUT2D eigenvalue weighted by Gasteiger charge is 2.48. The number of halogens is 4. The van der Waals surface area contributed by atoms with E-state index < -0.39 is 49.0 Å². The van der Waals surface area contributed by atoms with Crippen LogP contribution in [0.25, 0.3) is 11.5 Å². The number of hydrogen-bond acceptors (Lipinski definition) is 7. The number of nitrogens with zero attached hydrogens (tertiary/aromatic N) is 4. The highest BCUT2D eigenvalue weighted by molar-refractivity contribution is 5.99. The Bertz CT molecular complexity index is 1280. The van der Waals surface area contributed by atoms with E-state index in [0.717, 1.165) is 0 Å². The third-order valence-corrected chi connectivity index (χ3v) is 6.13. The zero-order valence-corrected chi connectivity index (χ0v) is 18.7. The number of fused-ring (bicyclic) bond motifs is 1. The van der Waals surface area contributed by atoms with Crippen LogP contribution in [0.4, 0.5) is 17.6 Å². The minimum Gasteiger partial charge on any atom is -0.460 e. The molecule has 8 nitrogen and oxygen atoms in total. The number of amides is 1. The average molecular weight is 504 g/mol. The Labute approximate surface area is 202 Å². The molecule has 0 bridgehead atoms. The Kier molecular flexibility index (Phi) is 6.20. The summed E-state index contributed by atoms with van der Waals surface area (Å²) in [5, 5.41) is 9.44. The fourth-order valence-corrected chi connectivity index (χ4v) is 4.31. The van der Waals surface area contributed by atoms with Crippen LogP contribution in [0.5, 0.6) is 0 Å². The summed E-state index contributed by atoms with van der Waals surface area (Å²) in [6, 6.07) is 12.0. The second-order valence-corrected chi connectivity index (χ2v) is 8.56. The molecule has 0 spiro atoms. The quantitative estimate of drug-likeness (QED) is 0.364. The molecule has 2 aromatic carbocycles. The van der Waals surface area contributed by atoms with E-state index in [2.05, 4.69) is 10.2 Å². The molecule has 188 valence electrons. The molecule has 1 amide bonds. The van der Waals surface area contributed by atoms with Crippen LogP contribution < -0.4 is 0 Å². The average Bonchev–Trinajstić information content (AvgIpc) is 3.48. The molecule has 1 aromatic heterocycles. The van der Waals surface area contributed by atoms with Gasteiger partial charge in [-0.05, 0) is 23.3 Å². The number of hydrogen-bond donors (Lipinski definition) is 0. The first-order valence-electron chi connectivity index (χ1n) is 11.1. The number of esters is 1. The molecule has 1 atom stereocenters. The van der Waals surface area contributed by atoms with Gasteiger partial charge in [0.1, 0.15) is 12.6 Å². The van der Waals surface area contributed by atoms with E-state index in [9.17, 15) is 27.2 Å². The molecular formula is C24H20F4N4O4. The van der Waals surface area contributed by atoms with Gasteiger partial charge < -0.3 is 9.15 Å². The molecule has 0 saturated carbocycles. The topological polar surface area (TPSA) is 88.8 Å². The van der Waals surface area contributed by atoms with Gasteiger partial charge in [0.25, 0.3) is 17.7 Å². The van der Waals surface area contributed by atoms with Gasteiger partial charge in [-0.2, -0.15) is 8.78 Å². The Morgan fingerprint density at radius 3 is 2.67 bits per heavy atom. The molecule has 2 aliphatic rings. The normalized spacial score (nSPS) is 19.5. The first kappa shape index (κ1) is 23.9. The third-order valence-electron chi connectivity index (χ3n) is 6.13. The van der Waals surface area contributed by atoms with Gasteiger partial charge >= 0.3 is 12.4 Å². The van der Waals surface area contributed by atoms with Gasteiger partial charge in [-0.3, -0.25) is 14.6 Å². The summed E-state index contributed by atoms with van der Waals surface area (Å²) in [6.07, 6.45) is -4.25. The van der Waals surface area contributed by atoms with Gasteiger partial charge in [0.05, 0.1) is 6.54 Å². The van der Waals surface area contributed by atoms with Crippen molar-refractivity contribution in [2.75, 3.05) is 6.54 Å². The fourth-order valence-electron chi connectivity index (χ4n) is 4.31. The lowest BCUT2D eigenvalue weighted by atomic mass is 10.00. The van der Waals surface area contributed by atoms with Crippen LogP contribution in [0.1, 0.15) is 46.6 Å². The third kappa shape index (κ3) is 4.68. The molecule has 36 heavy (non-hydrogen) atoms. The monoisotopic (exact) mass is 504 g/mol. The standard InChI is InChI=1S/C24H20F4N4O4/c25-19(26)21-30-29-20(36-21)15-6-7-16-12-32(22(33)17(16)10-15)31-9-8-24(27,28)11-18(31)23(34)35-13-14-4-2-1-3-5-14/h1-7,10,18-19H,8-9,11-13H2. The van der Waals surface area contributed by atoms with E-state index >= 15 is 0 Å². The van der Waals surface area contributed by atoms with Gasteiger partial charge in [0, 0.05) is 30.5 Å². The van der Waals surface area contributed by atoms with Crippen molar-refractivity contribution >= 4 is 11.9 Å². The van der Waals surface area contributed by atoms with Crippen LogP contribution in [-0.2, 0) is 22.7 Å². The van der Waals surface area contributed by atoms with Crippen molar-refractivity contribution < 1.29 is 36.3 Å². The van der Waals surface area contributed by atoms with Gasteiger partial charge in [0.2, 0.25) is 5.89 Å². The van der Waals surface area contributed by atoms with Crippen LogP contribution in [0.2, 0.25) is 0 Å². The number of piperidine rings is 1. The maximum atomic E-state index is 14.3. The van der Waals surface area contributed by atoms with E-state index in [4.69, 9.17) is 9.15 Å². The summed E-state index contributed by atoms with van der Waals surface area (Å²) in [7, 11) is 0. The maximum absolute atomic E-state index is 14.3. The van der Waals surface area contributed by atoms with Crippen molar-refractivity contribution in [3.8, 4) is 11.5 Å². The number of carbonyl (C=O) groups is 2. The van der Waals surface area contributed by atoms with Gasteiger partial charge in [-0.1, -0.05) is 36.4 Å². The smallest absolute Gasteiger partial charge is 0.325 e. The number of rotatable bonds is 6. The molecule has 1 unspecified atom stereocenters. The molecule has 0 radical (unpaired) electrons. The summed E-state index contributed by atoms with van der Waals surface area (Å²) in [6.45, 7) is -0.265. The molecule has 3 heterocycles. The second-order valence-electron chi connectivity index (χ2n) is 8.56. The van der Waals surface area contributed by atoms with Crippen LogP contribution in [0.3, 0.4) is 0 Å². The van der Waals surface area contributed by atoms with Crippen molar-refractivity contribution in [2.24, 2.45) is 0 Å².